The molecule has 1 aromatic carbocycles. The molecule has 0 atom stereocenters. The largest absolute Gasteiger partial charge is 0.376 e. The predicted molar refractivity (Wildman–Crippen MR) is 80.0 cm³/mol. The molecule has 18 heavy (non-hydrogen) atoms. The number of nitrogens with zero attached hydrogens (tertiary/aromatic N) is 1. The Morgan fingerprint density at radius 1 is 1.11 bits per heavy atom. The second kappa shape index (κ2) is 5.93. The minimum absolute atomic E-state index is 0.269. The van der Waals surface area contributed by atoms with E-state index in [2.05, 4.69) is 10.3 Å². The number of pyridine rings is 1. The van der Waals surface area contributed by atoms with Gasteiger partial charge in [-0.1, -0.05) is 24.3 Å². The van der Waals surface area contributed by atoms with Crippen LogP contribution in [0.4, 0.5) is 5.69 Å². The van der Waals surface area contributed by atoms with E-state index in [1.807, 2.05) is 48.6 Å². The van der Waals surface area contributed by atoms with Crippen molar-refractivity contribution in [2.24, 2.45) is 5.73 Å². The van der Waals surface area contributed by atoms with Crippen molar-refractivity contribution in [3.8, 4) is 0 Å². The number of benzene rings is 1. The third-order valence-corrected chi connectivity index (χ3v) is 2.43. The van der Waals surface area contributed by atoms with Crippen molar-refractivity contribution in [3.05, 3.63) is 59.9 Å². The van der Waals surface area contributed by atoms with Gasteiger partial charge in [-0.25, -0.2) is 0 Å². The minimum Gasteiger partial charge on any atom is -0.376 e. The van der Waals surface area contributed by atoms with Crippen LogP contribution in [0.25, 0.3) is 12.2 Å². The van der Waals surface area contributed by atoms with Crippen LogP contribution in [-0.2, 0) is 0 Å². The van der Waals surface area contributed by atoms with Gasteiger partial charge in [0.2, 0.25) is 0 Å². The summed E-state index contributed by atoms with van der Waals surface area (Å²) in [5.41, 5.74) is 8.51. The van der Waals surface area contributed by atoms with Crippen molar-refractivity contribution in [3.63, 3.8) is 0 Å². The summed E-state index contributed by atoms with van der Waals surface area (Å²) in [5, 5.41) is 3.18. The molecule has 0 amide bonds. The van der Waals surface area contributed by atoms with Crippen LogP contribution in [-0.4, -0.2) is 10.1 Å². The molecular formula is C14H13N3S. The summed E-state index contributed by atoms with van der Waals surface area (Å²) < 4.78 is 0. The SMILES string of the molecule is NC(=S)Nc1cccc(C=Cc2ccncc2)c1. The molecular weight excluding hydrogens is 242 g/mol. The van der Waals surface area contributed by atoms with Crippen molar-refractivity contribution >= 4 is 35.2 Å². The Morgan fingerprint density at radius 2 is 1.83 bits per heavy atom. The third-order valence-electron chi connectivity index (χ3n) is 2.33. The maximum atomic E-state index is 5.43. The van der Waals surface area contributed by atoms with E-state index in [1.54, 1.807) is 12.4 Å². The van der Waals surface area contributed by atoms with Gasteiger partial charge >= 0.3 is 0 Å². The third kappa shape index (κ3) is 3.68. The Hall–Kier alpha value is -2.20. The summed E-state index contributed by atoms with van der Waals surface area (Å²) >= 11 is 4.80. The van der Waals surface area contributed by atoms with Crippen LogP contribution in [0.3, 0.4) is 0 Å². The fourth-order valence-electron chi connectivity index (χ4n) is 1.53. The molecule has 2 aromatic rings. The minimum atomic E-state index is 0.269. The lowest BCUT2D eigenvalue weighted by molar-refractivity contribution is 1.32. The van der Waals surface area contributed by atoms with Crippen LogP contribution in [0, 0.1) is 0 Å². The molecule has 0 aliphatic rings. The number of hydrogen-bond acceptors (Lipinski definition) is 2. The molecule has 90 valence electrons. The second-order valence-corrected chi connectivity index (χ2v) is 4.17. The number of anilines is 1. The van der Waals surface area contributed by atoms with Gasteiger partial charge in [-0.3, -0.25) is 4.98 Å². The lowest BCUT2D eigenvalue weighted by atomic mass is 10.1. The smallest absolute Gasteiger partial charge is 0.168 e. The highest BCUT2D eigenvalue weighted by Crippen LogP contribution is 2.13. The summed E-state index contributed by atoms with van der Waals surface area (Å²) in [5.74, 6) is 0. The van der Waals surface area contributed by atoms with Gasteiger partial charge in [0.05, 0.1) is 0 Å². The zero-order valence-electron chi connectivity index (χ0n) is 9.71. The molecule has 4 heteroatoms. The van der Waals surface area contributed by atoms with Crippen LogP contribution < -0.4 is 11.1 Å². The van der Waals surface area contributed by atoms with Gasteiger partial charge < -0.3 is 11.1 Å². The van der Waals surface area contributed by atoms with Gasteiger partial charge in [0.15, 0.2) is 5.11 Å². The summed E-state index contributed by atoms with van der Waals surface area (Å²) in [6.45, 7) is 0. The van der Waals surface area contributed by atoms with Gasteiger partial charge in [-0.2, -0.15) is 0 Å². The molecule has 0 unspecified atom stereocenters. The van der Waals surface area contributed by atoms with Crippen LogP contribution in [0.1, 0.15) is 11.1 Å². The van der Waals surface area contributed by atoms with Gasteiger partial charge in [-0.05, 0) is 47.6 Å². The molecule has 0 spiro atoms. The topological polar surface area (TPSA) is 50.9 Å². The summed E-state index contributed by atoms with van der Waals surface area (Å²) in [4.78, 5) is 3.98. The first-order valence-electron chi connectivity index (χ1n) is 5.49. The van der Waals surface area contributed by atoms with Crippen molar-refractivity contribution in [2.45, 2.75) is 0 Å². The lowest BCUT2D eigenvalue weighted by Gasteiger charge is -2.04. The Bertz CT molecular complexity index is 564. The van der Waals surface area contributed by atoms with Gasteiger partial charge in [-0.15, -0.1) is 0 Å². The van der Waals surface area contributed by atoms with Gasteiger partial charge in [0.25, 0.3) is 0 Å². The highest BCUT2D eigenvalue weighted by Gasteiger charge is 1.94. The molecule has 0 bridgehead atoms. The molecule has 0 radical (unpaired) electrons. The number of rotatable bonds is 3. The monoisotopic (exact) mass is 255 g/mol. The molecule has 0 saturated heterocycles. The number of nitrogens with one attached hydrogen (secondary N) is 1. The van der Waals surface area contributed by atoms with Crippen molar-refractivity contribution < 1.29 is 0 Å². The van der Waals surface area contributed by atoms with E-state index in [9.17, 15) is 0 Å². The average Bonchev–Trinajstić information content (AvgIpc) is 2.37. The normalized spacial score (nSPS) is 10.4. The first-order valence-corrected chi connectivity index (χ1v) is 5.89. The molecule has 0 aliphatic heterocycles. The zero-order chi connectivity index (χ0) is 12.8. The molecule has 0 fully saturated rings. The summed E-state index contributed by atoms with van der Waals surface area (Å²) in [7, 11) is 0. The Labute approximate surface area is 111 Å². The molecule has 0 saturated carbocycles. The number of thiocarbonyl (C=S) groups is 1. The zero-order valence-corrected chi connectivity index (χ0v) is 10.5. The van der Waals surface area contributed by atoms with E-state index in [1.165, 1.54) is 0 Å². The van der Waals surface area contributed by atoms with E-state index in [0.29, 0.717) is 0 Å². The van der Waals surface area contributed by atoms with Gasteiger partial charge in [0, 0.05) is 18.1 Å². The van der Waals surface area contributed by atoms with Crippen molar-refractivity contribution in [1.82, 2.24) is 4.98 Å². The summed E-state index contributed by atoms with van der Waals surface area (Å²) in [6.07, 6.45) is 7.59. The lowest BCUT2D eigenvalue weighted by Crippen LogP contribution is -2.18. The van der Waals surface area contributed by atoms with E-state index < -0.39 is 0 Å². The fraction of sp³-hybridized carbons (Fsp3) is 0. The standard InChI is InChI=1S/C14H13N3S/c15-14(18)17-13-3-1-2-12(10-13)5-4-11-6-8-16-9-7-11/h1-10H,(H3,15,17,18). The van der Waals surface area contributed by atoms with Gasteiger partial charge in [0.1, 0.15) is 0 Å². The van der Waals surface area contributed by atoms with E-state index in [-0.39, 0.29) is 5.11 Å². The Balaban J connectivity index is 2.14. The number of nitrogens with two attached hydrogens (primary N) is 1. The number of aromatic nitrogens is 1. The molecule has 3 N–H and O–H groups in total. The van der Waals surface area contributed by atoms with E-state index >= 15 is 0 Å². The van der Waals surface area contributed by atoms with E-state index in [0.717, 1.165) is 16.8 Å². The second-order valence-electron chi connectivity index (χ2n) is 3.73. The number of hydrogen-bond donors (Lipinski definition) is 2. The summed E-state index contributed by atoms with van der Waals surface area (Å²) in [6, 6.07) is 11.8. The Kier molecular flexibility index (Phi) is 4.04. The predicted octanol–water partition coefficient (Wildman–Crippen LogP) is 2.91. The van der Waals surface area contributed by atoms with Crippen LogP contribution in [0.5, 0.6) is 0 Å². The first kappa shape index (κ1) is 12.3. The maximum Gasteiger partial charge on any atom is 0.168 e. The quantitative estimate of drug-likeness (QED) is 0.828. The van der Waals surface area contributed by atoms with Crippen molar-refractivity contribution in [1.29, 1.82) is 0 Å². The van der Waals surface area contributed by atoms with Crippen LogP contribution in [0.15, 0.2) is 48.8 Å². The first-order chi connectivity index (χ1) is 8.74. The average molecular weight is 255 g/mol. The molecule has 0 aliphatic carbocycles. The molecule has 1 heterocycles. The van der Waals surface area contributed by atoms with Crippen molar-refractivity contribution in [2.75, 3.05) is 5.32 Å². The fourth-order valence-corrected chi connectivity index (χ4v) is 1.65. The highest BCUT2D eigenvalue weighted by atomic mass is 32.1. The molecule has 2 rings (SSSR count). The molecule has 1 aromatic heterocycles. The maximum absolute atomic E-state index is 5.43. The van der Waals surface area contributed by atoms with Crippen LogP contribution >= 0.6 is 12.2 Å². The highest BCUT2D eigenvalue weighted by molar-refractivity contribution is 7.80. The van der Waals surface area contributed by atoms with E-state index in [4.69, 9.17) is 18.0 Å². The molecule has 3 nitrogen and oxygen atoms in total. The van der Waals surface area contributed by atoms with Crippen LogP contribution in [0.2, 0.25) is 0 Å². The Morgan fingerprint density at radius 3 is 2.56 bits per heavy atom.